The zero-order valence-electron chi connectivity index (χ0n) is 15.2. The van der Waals surface area contributed by atoms with Gasteiger partial charge in [-0.3, -0.25) is 0 Å². The first-order chi connectivity index (χ1) is 9.55. The number of hydrogen-bond donors (Lipinski definition) is 0. The minimum Gasteiger partial charge on any atom is -0.413 e. The maximum atomic E-state index is 6.67. The minimum absolute atomic E-state index is 0.167. The van der Waals surface area contributed by atoms with Crippen molar-refractivity contribution in [2.45, 2.75) is 71.1 Å². The monoisotopic (exact) mass is 314 g/mol. The molecule has 1 saturated carbocycles. The Morgan fingerprint density at radius 2 is 1.67 bits per heavy atom. The summed E-state index contributed by atoms with van der Waals surface area (Å²) < 4.78 is 17.7. The number of hydrogen-bond acceptors (Lipinski definition) is 3. The third-order valence-electron chi connectivity index (χ3n) is 5.28. The molecule has 0 unspecified atom stereocenters. The molecule has 1 rings (SSSR count). The second-order valence-corrected chi connectivity index (χ2v) is 12.6. The second kappa shape index (κ2) is 6.94. The first-order valence-corrected chi connectivity index (χ1v) is 10.8. The lowest BCUT2D eigenvalue weighted by molar-refractivity contribution is -0.144. The molecule has 1 aliphatic rings. The van der Waals surface area contributed by atoms with E-state index in [1.807, 2.05) is 0 Å². The zero-order valence-corrected chi connectivity index (χ0v) is 16.2. The fourth-order valence-corrected chi connectivity index (χ4v) is 4.49. The van der Waals surface area contributed by atoms with Gasteiger partial charge < -0.3 is 13.9 Å². The molecule has 0 aromatic heterocycles. The van der Waals surface area contributed by atoms with Crippen molar-refractivity contribution in [1.82, 2.24) is 0 Å². The normalized spacial score (nSPS) is 27.4. The summed E-state index contributed by atoms with van der Waals surface area (Å²) in [7, 11) is 1.66. The maximum Gasteiger partial charge on any atom is 0.192 e. The summed E-state index contributed by atoms with van der Waals surface area (Å²) >= 11 is 0. The van der Waals surface area contributed by atoms with E-state index in [-0.39, 0.29) is 17.4 Å². The van der Waals surface area contributed by atoms with Crippen molar-refractivity contribution in [2.75, 3.05) is 14.2 Å². The summed E-state index contributed by atoms with van der Waals surface area (Å²) in [4.78, 5) is 0. The Morgan fingerprint density at radius 1 is 1.14 bits per heavy atom. The van der Waals surface area contributed by atoms with E-state index in [2.05, 4.69) is 47.4 Å². The molecule has 0 aromatic carbocycles. The molecule has 124 valence electrons. The summed E-state index contributed by atoms with van der Waals surface area (Å²) in [5.74, 6) is 0.663. The van der Waals surface area contributed by atoms with Gasteiger partial charge in [0, 0.05) is 26.1 Å². The van der Waals surface area contributed by atoms with E-state index in [0.29, 0.717) is 11.8 Å². The molecular formula is C17H34O3Si. The van der Waals surface area contributed by atoms with Crippen LogP contribution in [0.4, 0.5) is 0 Å². The Balaban J connectivity index is 2.92. The fraction of sp³-hybridized carbons (Fsp3) is 0.882. The molecule has 0 heterocycles. The van der Waals surface area contributed by atoms with E-state index in [1.165, 1.54) is 5.57 Å². The summed E-state index contributed by atoms with van der Waals surface area (Å²) in [6, 6.07) is 0. The molecule has 3 atom stereocenters. The Kier molecular flexibility index (Phi) is 6.24. The molecule has 0 N–H and O–H groups in total. The van der Waals surface area contributed by atoms with Gasteiger partial charge in [-0.2, -0.15) is 0 Å². The Hall–Kier alpha value is -0.163. The fourth-order valence-electron chi connectivity index (χ4n) is 3.11. The topological polar surface area (TPSA) is 27.7 Å². The molecule has 1 aliphatic carbocycles. The Labute approximate surface area is 132 Å². The smallest absolute Gasteiger partial charge is 0.192 e. The van der Waals surface area contributed by atoms with Gasteiger partial charge in [-0.15, -0.1) is 0 Å². The summed E-state index contributed by atoms with van der Waals surface area (Å²) in [5.41, 5.74) is 1.18. The average molecular weight is 315 g/mol. The van der Waals surface area contributed by atoms with Crippen LogP contribution in [0, 0.1) is 11.8 Å². The Morgan fingerprint density at radius 3 is 2.05 bits per heavy atom. The van der Waals surface area contributed by atoms with Crippen LogP contribution >= 0.6 is 0 Å². The van der Waals surface area contributed by atoms with Crippen molar-refractivity contribution in [2.24, 2.45) is 11.8 Å². The van der Waals surface area contributed by atoms with E-state index >= 15 is 0 Å². The molecule has 1 fully saturated rings. The lowest BCUT2D eigenvalue weighted by Crippen LogP contribution is -2.45. The molecular weight excluding hydrogens is 280 g/mol. The lowest BCUT2D eigenvalue weighted by Gasteiger charge is -2.41. The quantitative estimate of drug-likeness (QED) is 0.407. The van der Waals surface area contributed by atoms with Gasteiger partial charge in [0.2, 0.25) is 0 Å². The van der Waals surface area contributed by atoms with Crippen LogP contribution in [-0.4, -0.2) is 34.9 Å². The van der Waals surface area contributed by atoms with Gasteiger partial charge in [-0.25, -0.2) is 0 Å². The lowest BCUT2D eigenvalue weighted by atomic mass is 9.88. The maximum absolute atomic E-state index is 6.67. The molecule has 0 aliphatic heterocycles. The molecule has 3 nitrogen and oxygen atoms in total. The summed E-state index contributed by atoms with van der Waals surface area (Å²) in [6.45, 7) is 17.8. The highest BCUT2D eigenvalue weighted by Gasteiger charge is 2.46. The van der Waals surface area contributed by atoms with Gasteiger partial charge in [-0.1, -0.05) is 32.9 Å². The molecule has 4 heteroatoms. The van der Waals surface area contributed by atoms with Crippen LogP contribution in [0.25, 0.3) is 0 Å². The van der Waals surface area contributed by atoms with Crippen LogP contribution in [0.2, 0.25) is 18.1 Å². The van der Waals surface area contributed by atoms with E-state index < -0.39 is 8.32 Å². The highest BCUT2D eigenvalue weighted by molar-refractivity contribution is 6.74. The largest absolute Gasteiger partial charge is 0.413 e. The third kappa shape index (κ3) is 4.18. The number of ether oxygens (including phenoxy) is 2. The standard InChI is InChI=1S/C17H34O3Si/c1-12(2)15-13(16(18-6)19-7)10-11-14(15)20-21(8,9)17(3,4)5/h13-16H,1,10-11H2,2-9H3/t13-,14+,15+/m1/s1. The van der Waals surface area contributed by atoms with E-state index in [1.54, 1.807) is 14.2 Å². The van der Waals surface area contributed by atoms with Crippen LogP contribution in [0.1, 0.15) is 40.5 Å². The minimum atomic E-state index is -1.77. The van der Waals surface area contributed by atoms with Gasteiger partial charge in [0.15, 0.2) is 14.6 Å². The van der Waals surface area contributed by atoms with E-state index in [0.717, 1.165) is 12.8 Å². The first kappa shape index (κ1) is 18.9. The van der Waals surface area contributed by atoms with Crippen molar-refractivity contribution in [3.8, 4) is 0 Å². The number of methoxy groups -OCH3 is 2. The Bertz CT molecular complexity index is 356. The van der Waals surface area contributed by atoms with Gasteiger partial charge in [0.05, 0.1) is 6.10 Å². The van der Waals surface area contributed by atoms with Crippen molar-refractivity contribution in [1.29, 1.82) is 0 Å². The van der Waals surface area contributed by atoms with Gasteiger partial charge in [-0.05, 0) is 37.9 Å². The summed E-state index contributed by atoms with van der Waals surface area (Å²) in [6.07, 6.45) is 2.22. The molecule has 0 amide bonds. The van der Waals surface area contributed by atoms with Crippen molar-refractivity contribution < 1.29 is 13.9 Å². The molecule has 21 heavy (non-hydrogen) atoms. The number of rotatable bonds is 6. The zero-order chi connectivity index (χ0) is 16.4. The van der Waals surface area contributed by atoms with Gasteiger partial charge in [0.25, 0.3) is 0 Å². The van der Waals surface area contributed by atoms with Crippen LogP contribution in [0.3, 0.4) is 0 Å². The van der Waals surface area contributed by atoms with Crippen LogP contribution in [-0.2, 0) is 13.9 Å². The third-order valence-corrected chi connectivity index (χ3v) is 9.79. The van der Waals surface area contributed by atoms with Crippen LogP contribution in [0.15, 0.2) is 12.2 Å². The van der Waals surface area contributed by atoms with Gasteiger partial charge >= 0.3 is 0 Å². The summed E-state index contributed by atoms with van der Waals surface area (Å²) in [5, 5.41) is 0.229. The van der Waals surface area contributed by atoms with Crippen molar-refractivity contribution in [3.05, 3.63) is 12.2 Å². The first-order valence-electron chi connectivity index (χ1n) is 7.94. The SMILES string of the molecule is C=C(C)[C@@H]1[C@@H](O[Si](C)(C)C(C)(C)C)CC[C@H]1C(OC)OC. The highest BCUT2D eigenvalue weighted by atomic mass is 28.4. The van der Waals surface area contributed by atoms with Gasteiger partial charge in [0.1, 0.15) is 0 Å². The highest BCUT2D eigenvalue weighted by Crippen LogP contribution is 2.45. The van der Waals surface area contributed by atoms with Crippen LogP contribution in [0.5, 0.6) is 0 Å². The predicted octanol–water partition coefficient (Wildman–Crippen LogP) is 4.60. The average Bonchev–Trinajstić information content (AvgIpc) is 2.72. The molecule has 0 spiro atoms. The molecule has 0 radical (unpaired) electrons. The van der Waals surface area contributed by atoms with E-state index in [9.17, 15) is 0 Å². The van der Waals surface area contributed by atoms with E-state index in [4.69, 9.17) is 13.9 Å². The van der Waals surface area contributed by atoms with Crippen molar-refractivity contribution in [3.63, 3.8) is 0 Å². The molecule has 0 saturated heterocycles. The molecule has 0 bridgehead atoms. The van der Waals surface area contributed by atoms with Crippen LogP contribution < -0.4 is 0 Å². The van der Waals surface area contributed by atoms with Crippen molar-refractivity contribution >= 4 is 8.32 Å². The molecule has 0 aromatic rings. The second-order valence-electron chi connectivity index (χ2n) is 7.87. The predicted molar refractivity (Wildman–Crippen MR) is 90.9 cm³/mol.